The molecule has 1 N–H and O–H groups in total. The summed E-state index contributed by atoms with van der Waals surface area (Å²) in [4.78, 5) is 14.6. The Kier molecular flexibility index (Phi) is 5.12. The van der Waals surface area contributed by atoms with E-state index in [9.17, 15) is 14.3 Å². The highest BCUT2D eigenvalue weighted by atomic mass is 35.5. The molecule has 3 nitrogen and oxygen atoms in total. The zero-order valence-corrected chi connectivity index (χ0v) is 16.5. The molecule has 29 heavy (non-hydrogen) atoms. The average Bonchev–Trinajstić information content (AvgIpc) is 2.96. The lowest BCUT2D eigenvalue weighted by molar-refractivity contribution is -0.130. The largest absolute Gasteiger partial charge is 0.503 e. The predicted molar refractivity (Wildman–Crippen MR) is 112 cm³/mol. The Balaban J connectivity index is 1.80. The second-order valence-corrected chi connectivity index (χ2v) is 7.58. The van der Waals surface area contributed by atoms with Gasteiger partial charge >= 0.3 is 0 Å². The number of aliphatic hydroxyl groups excluding tert-OH is 1. The third kappa shape index (κ3) is 3.76. The molecule has 3 aromatic rings. The SMILES string of the molecule is Cc1ccc(C2=C(O)C(=O)N(Cc3ccc(Cl)cc3)[C@H]2c2ccc(F)cc2)cc1. The van der Waals surface area contributed by atoms with Crippen LogP contribution in [-0.2, 0) is 11.3 Å². The smallest absolute Gasteiger partial charge is 0.290 e. The van der Waals surface area contributed by atoms with Crippen molar-refractivity contribution in [1.29, 1.82) is 0 Å². The number of hydrogen-bond donors (Lipinski definition) is 1. The first kappa shape index (κ1) is 19.2. The number of carbonyl (C=O) groups excluding carboxylic acids is 1. The van der Waals surface area contributed by atoms with Gasteiger partial charge in [-0.3, -0.25) is 4.79 Å². The van der Waals surface area contributed by atoms with E-state index >= 15 is 0 Å². The van der Waals surface area contributed by atoms with Gasteiger partial charge in [-0.1, -0.05) is 65.7 Å². The first-order valence-electron chi connectivity index (χ1n) is 9.25. The van der Waals surface area contributed by atoms with E-state index in [0.717, 1.165) is 22.3 Å². The summed E-state index contributed by atoms with van der Waals surface area (Å²) in [7, 11) is 0. The van der Waals surface area contributed by atoms with Crippen molar-refractivity contribution in [2.45, 2.75) is 19.5 Å². The molecule has 1 amide bonds. The maximum absolute atomic E-state index is 13.5. The van der Waals surface area contributed by atoms with Crippen LogP contribution in [0.25, 0.3) is 5.57 Å². The highest BCUT2D eigenvalue weighted by Gasteiger charge is 2.40. The highest BCUT2D eigenvalue weighted by Crippen LogP contribution is 2.43. The summed E-state index contributed by atoms with van der Waals surface area (Å²) in [5, 5.41) is 11.4. The number of rotatable bonds is 4. The lowest BCUT2D eigenvalue weighted by atomic mass is 9.93. The van der Waals surface area contributed by atoms with Crippen LogP contribution in [-0.4, -0.2) is 15.9 Å². The van der Waals surface area contributed by atoms with E-state index in [1.54, 1.807) is 29.2 Å². The average molecular weight is 408 g/mol. The Morgan fingerprint density at radius 1 is 0.966 bits per heavy atom. The molecular weight excluding hydrogens is 389 g/mol. The minimum atomic E-state index is -0.526. The van der Waals surface area contributed by atoms with E-state index in [1.807, 2.05) is 43.3 Å². The molecule has 0 radical (unpaired) electrons. The van der Waals surface area contributed by atoms with E-state index < -0.39 is 11.9 Å². The fourth-order valence-electron chi connectivity index (χ4n) is 3.62. The van der Waals surface area contributed by atoms with Gasteiger partial charge in [0.2, 0.25) is 0 Å². The Labute approximate surface area is 173 Å². The maximum atomic E-state index is 13.5. The fraction of sp³-hybridized carbons (Fsp3) is 0.125. The van der Waals surface area contributed by atoms with Crippen molar-refractivity contribution in [2.75, 3.05) is 0 Å². The number of hydrogen-bond acceptors (Lipinski definition) is 2. The van der Waals surface area contributed by atoms with Crippen LogP contribution >= 0.6 is 11.6 Å². The summed E-state index contributed by atoms with van der Waals surface area (Å²) in [5.41, 5.74) is 3.97. The Hall–Kier alpha value is -3.11. The highest BCUT2D eigenvalue weighted by molar-refractivity contribution is 6.30. The van der Waals surface area contributed by atoms with Crippen molar-refractivity contribution >= 4 is 23.1 Å². The number of nitrogens with zero attached hydrogens (tertiary/aromatic N) is 1. The molecule has 4 rings (SSSR count). The normalized spacial score (nSPS) is 16.6. The molecule has 1 atom stereocenters. The molecule has 1 aliphatic heterocycles. The van der Waals surface area contributed by atoms with Gasteiger partial charge in [-0.25, -0.2) is 4.39 Å². The molecule has 0 bridgehead atoms. The fourth-order valence-corrected chi connectivity index (χ4v) is 3.75. The predicted octanol–water partition coefficient (Wildman–Crippen LogP) is 5.84. The molecule has 0 aliphatic carbocycles. The van der Waals surface area contributed by atoms with Crippen molar-refractivity contribution in [3.05, 3.63) is 112 Å². The molecule has 0 fully saturated rings. The van der Waals surface area contributed by atoms with E-state index in [0.29, 0.717) is 10.6 Å². The van der Waals surface area contributed by atoms with E-state index in [-0.39, 0.29) is 18.1 Å². The lowest BCUT2D eigenvalue weighted by Gasteiger charge is -2.27. The second-order valence-electron chi connectivity index (χ2n) is 7.14. The molecule has 146 valence electrons. The van der Waals surface area contributed by atoms with E-state index in [1.165, 1.54) is 12.1 Å². The quantitative estimate of drug-likeness (QED) is 0.590. The van der Waals surface area contributed by atoms with Crippen molar-refractivity contribution in [2.24, 2.45) is 0 Å². The summed E-state index contributed by atoms with van der Waals surface area (Å²) >= 11 is 5.97. The summed E-state index contributed by atoms with van der Waals surface area (Å²) in [6.07, 6.45) is 0. The van der Waals surface area contributed by atoms with Crippen LogP contribution in [0.3, 0.4) is 0 Å². The van der Waals surface area contributed by atoms with Crippen molar-refractivity contribution in [3.63, 3.8) is 0 Å². The van der Waals surface area contributed by atoms with Crippen molar-refractivity contribution < 1.29 is 14.3 Å². The number of carbonyl (C=O) groups is 1. The molecule has 1 aliphatic rings. The standard InChI is InChI=1S/C24H19ClFNO2/c1-15-2-6-17(7-3-15)21-22(18-8-12-20(26)13-9-18)27(24(29)23(21)28)14-16-4-10-19(25)11-5-16/h2-13,22,28H,14H2,1H3/t22-/m0/s1. The number of amides is 1. The molecule has 5 heteroatoms. The first-order valence-corrected chi connectivity index (χ1v) is 9.63. The van der Waals surface area contributed by atoms with Gasteiger partial charge in [0.25, 0.3) is 5.91 Å². The zero-order valence-electron chi connectivity index (χ0n) is 15.8. The maximum Gasteiger partial charge on any atom is 0.290 e. The van der Waals surface area contributed by atoms with Crippen LogP contribution in [0.2, 0.25) is 5.02 Å². The van der Waals surface area contributed by atoms with Crippen LogP contribution in [0, 0.1) is 12.7 Å². The van der Waals surface area contributed by atoms with E-state index in [4.69, 9.17) is 11.6 Å². The van der Waals surface area contributed by atoms with Crippen molar-refractivity contribution in [3.8, 4) is 0 Å². The molecular formula is C24H19ClFNO2. The molecule has 0 saturated heterocycles. The number of benzene rings is 3. The molecule has 0 spiro atoms. The van der Waals surface area contributed by atoms with Gasteiger partial charge in [0, 0.05) is 17.1 Å². The molecule has 0 aromatic heterocycles. The van der Waals surface area contributed by atoms with Crippen LogP contribution in [0.15, 0.2) is 78.6 Å². The number of aliphatic hydroxyl groups is 1. The lowest BCUT2D eigenvalue weighted by Crippen LogP contribution is -2.29. The minimum absolute atomic E-state index is 0.280. The summed E-state index contributed by atoms with van der Waals surface area (Å²) in [5.74, 6) is -1.09. The third-order valence-electron chi connectivity index (χ3n) is 5.12. The van der Waals surface area contributed by atoms with Crippen LogP contribution in [0.4, 0.5) is 4.39 Å². The molecule has 1 heterocycles. The molecule has 3 aromatic carbocycles. The Morgan fingerprint density at radius 2 is 1.59 bits per heavy atom. The van der Waals surface area contributed by atoms with Gasteiger partial charge in [-0.15, -0.1) is 0 Å². The summed E-state index contributed by atoms with van der Waals surface area (Å²) < 4.78 is 13.5. The summed E-state index contributed by atoms with van der Waals surface area (Å²) in [6, 6.07) is 20.4. The van der Waals surface area contributed by atoms with Crippen LogP contribution in [0.5, 0.6) is 0 Å². The molecule has 0 saturated carbocycles. The number of halogens is 2. The van der Waals surface area contributed by atoms with Crippen LogP contribution in [0.1, 0.15) is 28.3 Å². The Morgan fingerprint density at radius 3 is 2.21 bits per heavy atom. The first-order chi connectivity index (χ1) is 13.9. The van der Waals surface area contributed by atoms with Crippen LogP contribution < -0.4 is 0 Å². The third-order valence-corrected chi connectivity index (χ3v) is 5.37. The zero-order chi connectivity index (χ0) is 20.5. The molecule has 0 unspecified atom stereocenters. The van der Waals surface area contributed by atoms with Gasteiger partial charge in [0.15, 0.2) is 5.76 Å². The van der Waals surface area contributed by atoms with Gasteiger partial charge in [-0.05, 0) is 47.9 Å². The second kappa shape index (κ2) is 7.72. The van der Waals surface area contributed by atoms with E-state index in [2.05, 4.69) is 0 Å². The van der Waals surface area contributed by atoms with Gasteiger partial charge in [0.1, 0.15) is 5.82 Å². The number of aryl methyl sites for hydroxylation is 1. The van der Waals surface area contributed by atoms with Crippen molar-refractivity contribution in [1.82, 2.24) is 4.90 Å². The monoisotopic (exact) mass is 407 g/mol. The Bertz CT molecular complexity index is 1070. The topological polar surface area (TPSA) is 40.5 Å². The summed E-state index contributed by atoms with van der Waals surface area (Å²) in [6.45, 7) is 2.26. The minimum Gasteiger partial charge on any atom is -0.503 e. The van der Waals surface area contributed by atoms with Gasteiger partial charge < -0.3 is 10.0 Å². The van der Waals surface area contributed by atoms with Gasteiger partial charge in [0.05, 0.1) is 6.04 Å². The van der Waals surface area contributed by atoms with Gasteiger partial charge in [-0.2, -0.15) is 0 Å².